The highest BCUT2D eigenvalue weighted by Gasteiger charge is 2.58. The Labute approximate surface area is 174 Å². The summed E-state index contributed by atoms with van der Waals surface area (Å²) in [6.45, 7) is 7.05. The summed E-state index contributed by atoms with van der Waals surface area (Å²) in [5.74, 6) is 0.102. The van der Waals surface area contributed by atoms with Crippen LogP contribution in [0.15, 0.2) is 60.7 Å². The summed E-state index contributed by atoms with van der Waals surface area (Å²) in [5, 5.41) is 5.87. The maximum Gasteiger partial charge on any atom is 0.241 e. The molecule has 29 heavy (non-hydrogen) atoms. The Morgan fingerprint density at radius 1 is 0.966 bits per heavy atom. The second kappa shape index (κ2) is 5.39. The van der Waals surface area contributed by atoms with Crippen LogP contribution in [0.25, 0.3) is 31.3 Å². The van der Waals surface area contributed by atoms with Gasteiger partial charge in [0.15, 0.2) is 0 Å². The van der Waals surface area contributed by atoms with Gasteiger partial charge in [-0.25, -0.2) is 0 Å². The van der Waals surface area contributed by atoms with Crippen LogP contribution < -0.4 is 10.2 Å². The van der Waals surface area contributed by atoms with Gasteiger partial charge in [0.1, 0.15) is 5.66 Å². The van der Waals surface area contributed by atoms with Crippen LogP contribution >= 0.6 is 11.3 Å². The van der Waals surface area contributed by atoms with Crippen molar-refractivity contribution in [2.45, 2.75) is 31.8 Å². The average molecular weight is 399 g/mol. The molecule has 0 aliphatic carbocycles. The second-order valence-corrected chi connectivity index (χ2v) is 9.90. The van der Waals surface area contributed by atoms with Crippen LogP contribution in [0.3, 0.4) is 0 Å². The lowest BCUT2D eigenvalue weighted by Gasteiger charge is -2.39. The van der Waals surface area contributed by atoms with Crippen molar-refractivity contribution in [2.24, 2.45) is 0 Å². The highest BCUT2D eigenvalue weighted by molar-refractivity contribution is 7.26. The molecule has 1 saturated heterocycles. The molecule has 1 amide bonds. The van der Waals surface area contributed by atoms with Gasteiger partial charge in [-0.1, -0.05) is 56.3 Å². The summed E-state index contributed by atoms with van der Waals surface area (Å²) >= 11 is 1.87. The highest BCUT2D eigenvalue weighted by Crippen LogP contribution is 2.53. The van der Waals surface area contributed by atoms with Crippen LogP contribution in [0.5, 0.6) is 0 Å². The first-order chi connectivity index (χ1) is 13.9. The largest absolute Gasteiger partial charge is 0.339 e. The zero-order chi connectivity index (χ0) is 20.0. The molecule has 144 valence electrons. The third-order valence-electron chi connectivity index (χ3n) is 7.12. The lowest BCUT2D eigenvalue weighted by molar-refractivity contribution is -0.119. The van der Waals surface area contributed by atoms with Gasteiger partial charge < -0.3 is 10.2 Å². The molecule has 2 aliphatic rings. The van der Waals surface area contributed by atoms with Gasteiger partial charge in [-0.15, -0.1) is 11.3 Å². The third kappa shape index (κ3) is 2.05. The zero-order valence-corrected chi connectivity index (χ0v) is 17.6. The minimum absolute atomic E-state index is 0.102. The van der Waals surface area contributed by atoms with E-state index in [1.54, 1.807) is 0 Å². The van der Waals surface area contributed by atoms with E-state index in [0.717, 1.165) is 0 Å². The standard InChI is InChI=1S/C25H22N2OS/c1-24(2)19-13-15(11-12-20(19)27-14-22(28)26-25(24,27)3)16-8-6-9-18-17-7-4-5-10-21(17)29-23(16)18/h4-13H,14H2,1-3H3,(H,26,28). The molecule has 1 unspecified atom stereocenters. The van der Waals surface area contributed by atoms with Gasteiger partial charge in [0.05, 0.1) is 6.54 Å². The Morgan fingerprint density at radius 2 is 1.76 bits per heavy atom. The Balaban J connectivity index is 1.58. The van der Waals surface area contributed by atoms with E-state index in [2.05, 4.69) is 91.7 Å². The van der Waals surface area contributed by atoms with E-state index in [1.165, 1.54) is 42.6 Å². The third-order valence-corrected chi connectivity index (χ3v) is 8.34. The fourth-order valence-corrected chi connectivity index (χ4v) is 6.41. The summed E-state index contributed by atoms with van der Waals surface area (Å²) in [4.78, 5) is 14.4. The number of benzene rings is 3. The van der Waals surface area contributed by atoms with Gasteiger partial charge in [0, 0.05) is 31.3 Å². The van der Waals surface area contributed by atoms with Crippen molar-refractivity contribution in [2.75, 3.05) is 11.4 Å². The van der Waals surface area contributed by atoms with E-state index in [-0.39, 0.29) is 17.0 Å². The molecule has 0 radical (unpaired) electrons. The number of carbonyl (C=O) groups is 1. The Bertz CT molecular complexity index is 1340. The van der Waals surface area contributed by atoms with Crippen molar-refractivity contribution in [3.05, 3.63) is 66.2 Å². The molecular weight excluding hydrogens is 376 g/mol. The first-order valence-electron chi connectivity index (χ1n) is 10.0. The lowest BCUT2D eigenvalue weighted by atomic mass is 9.76. The summed E-state index contributed by atoms with van der Waals surface area (Å²) < 4.78 is 2.66. The van der Waals surface area contributed by atoms with Gasteiger partial charge in [0.2, 0.25) is 5.91 Å². The van der Waals surface area contributed by atoms with Crippen molar-refractivity contribution in [3.63, 3.8) is 0 Å². The summed E-state index contributed by atoms with van der Waals surface area (Å²) in [7, 11) is 0. The number of nitrogens with one attached hydrogen (secondary N) is 1. The average Bonchev–Trinajstić information content (AvgIpc) is 3.29. The molecule has 3 heterocycles. The molecule has 3 aromatic carbocycles. The van der Waals surface area contributed by atoms with Crippen molar-refractivity contribution < 1.29 is 4.79 Å². The maximum absolute atomic E-state index is 12.1. The Kier molecular flexibility index (Phi) is 3.17. The van der Waals surface area contributed by atoms with Crippen LogP contribution in [-0.4, -0.2) is 18.1 Å². The molecule has 1 fully saturated rings. The van der Waals surface area contributed by atoms with Crippen molar-refractivity contribution >= 4 is 43.1 Å². The number of anilines is 1. The number of carbonyl (C=O) groups excluding carboxylic acids is 1. The van der Waals surface area contributed by atoms with Crippen LogP contribution in [0.2, 0.25) is 0 Å². The van der Waals surface area contributed by atoms with Gasteiger partial charge in [-0.3, -0.25) is 4.79 Å². The molecule has 1 atom stereocenters. The number of amides is 1. The smallest absolute Gasteiger partial charge is 0.241 e. The van der Waals surface area contributed by atoms with E-state index in [4.69, 9.17) is 0 Å². The first kappa shape index (κ1) is 17.0. The van der Waals surface area contributed by atoms with E-state index in [0.29, 0.717) is 6.54 Å². The molecule has 1 N–H and O–H groups in total. The number of nitrogens with zero attached hydrogens (tertiary/aromatic N) is 1. The Hall–Kier alpha value is -2.85. The van der Waals surface area contributed by atoms with Crippen molar-refractivity contribution in [1.82, 2.24) is 5.32 Å². The minimum Gasteiger partial charge on any atom is -0.339 e. The first-order valence-corrected chi connectivity index (χ1v) is 10.9. The topological polar surface area (TPSA) is 32.3 Å². The number of hydrogen-bond acceptors (Lipinski definition) is 3. The number of fused-ring (bicyclic) bond motifs is 6. The van der Waals surface area contributed by atoms with Crippen molar-refractivity contribution in [3.8, 4) is 11.1 Å². The molecule has 4 heteroatoms. The molecule has 0 bridgehead atoms. The van der Waals surface area contributed by atoms with E-state index >= 15 is 0 Å². The van der Waals surface area contributed by atoms with Gasteiger partial charge >= 0.3 is 0 Å². The number of rotatable bonds is 1. The predicted octanol–water partition coefficient (Wildman–Crippen LogP) is 5.67. The van der Waals surface area contributed by atoms with Gasteiger partial charge in [-0.05, 0) is 41.8 Å². The molecule has 4 aromatic rings. The van der Waals surface area contributed by atoms with Crippen LogP contribution in [0, 0.1) is 0 Å². The summed E-state index contributed by atoms with van der Waals surface area (Å²) in [5.41, 5.74) is 4.43. The molecule has 1 aromatic heterocycles. The highest BCUT2D eigenvalue weighted by atomic mass is 32.1. The van der Waals surface area contributed by atoms with Crippen LogP contribution in [0.4, 0.5) is 5.69 Å². The second-order valence-electron chi connectivity index (χ2n) is 8.84. The van der Waals surface area contributed by atoms with Crippen LogP contribution in [-0.2, 0) is 10.2 Å². The fraction of sp³-hybridized carbons (Fsp3) is 0.240. The quantitative estimate of drug-likeness (QED) is 0.448. The molecule has 0 spiro atoms. The van der Waals surface area contributed by atoms with E-state index in [1.807, 2.05) is 11.3 Å². The zero-order valence-electron chi connectivity index (χ0n) is 16.7. The van der Waals surface area contributed by atoms with Crippen molar-refractivity contribution in [1.29, 1.82) is 0 Å². The summed E-state index contributed by atoms with van der Waals surface area (Å²) in [6.07, 6.45) is 0. The monoisotopic (exact) mass is 398 g/mol. The van der Waals surface area contributed by atoms with E-state index < -0.39 is 0 Å². The molecule has 3 nitrogen and oxygen atoms in total. The minimum atomic E-state index is -0.380. The molecule has 6 rings (SSSR count). The van der Waals surface area contributed by atoms with Gasteiger partial charge in [0.25, 0.3) is 0 Å². The van der Waals surface area contributed by atoms with E-state index in [9.17, 15) is 4.79 Å². The number of hydrogen-bond donors (Lipinski definition) is 1. The Morgan fingerprint density at radius 3 is 2.62 bits per heavy atom. The van der Waals surface area contributed by atoms with Gasteiger partial charge in [-0.2, -0.15) is 0 Å². The molecule has 2 aliphatic heterocycles. The maximum atomic E-state index is 12.1. The fourth-order valence-electron chi connectivity index (χ4n) is 5.18. The normalized spacial score (nSPS) is 22.2. The molecule has 0 saturated carbocycles. The lowest BCUT2D eigenvalue weighted by Crippen LogP contribution is -2.57. The SMILES string of the molecule is CC1(C)c2cc(-c3cccc4c3sc3ccccc34)ccc2N2CC(=O)NC21C. The van der Waals surface area contributed by atoms with Crippen LogP contribution in [0.1, 0.15) is 26.3 Å². The molecular formula is C25H22N2OS. The predicted molar refractivity (Wildman–Crippen MR) is 122 cm³/mol. The number of thiophene rings is 1. The summed E-state index contributed by atoms with van der Waals surface area (Å²) in [6, 6.07) is 22.0.